The van der Waals surface area contributed by atoms with Crippen LogP contribution in [0.1, 0.15) is 47.3 Å². The van der Waals surface area contributed by atoms with E-state index in [1.54, 1.807) is 6.07 Å². The van der Waals surface area contributed by atoms with Gasteiger partial charge in [0.05, 0.1) is 9.68 Å². The number of methoxy groups -OCH3 is 1. The second-order valence-corrected chi connectivity index (χ2v) is 10.5. The van der Waals surface area contributed by atoms with Crippen molar-refractivity contribution in [1.82, 2.24) is 0 Å². The third kappa shape index (κ3) is 2.66. The Kier molecular flexibility index (Phi) is 3.52. The van der Waals surface area contributed by atoms with Gasteiger partial charge in [-0.05, 0) is 62.0 Å². The van der Waals surface area contributed by atoms with Crippen LogP contribution in [-0.2, 0) is 24.9 Å². The van der Waals surface area contributed by atoms with Gasteiger partial charge in [0.2, 0.25) is 0 Å². The second kappa shape index (κ2) is 6.18. The summed E-state index contributed by atoms with van der Waals surface area (Å²) in [6.45, 7) is 0. The molecule has 10 heteroatoms. The standard InChI is InChI=1S/C19H21ClNO7P/c1-25-19(13-3-2-12(10-21)16(6-13)26-29(22,23)24)18(27-28-19)14-4-11-5-15(18)9-17(20,7-11)8-14/h2-3,6,11,14-15H,4-5,7-9H2,1H3,(H2,22,23,24)/i1D3. The van der Waals surface area contributed by atoms with E-state index in [4.69, 9.17) is 34.7 Å². The summed E-state index contributed by atoms with van der Waals surface area (Å²) >= 11 is 6.86. The van der Waals surface area contributed by atoms with Crippen LogP contribution in [0.2, 0.25) is 0 Å². The molecule has 0 radical (unpaired) electrons. The Morgan fingerprint density at radius 2 is 2.03 bits per heavy atom. The Morgan fingerprint density at radius 1 is 1.31 bits per heavy atom. The average Bonchev–Trinajstić information content (AvgIpc) is 2.61. The summed E-state index contributed by atoms with van der Waals surface area (Å²) in [4.78, 5) is 29.4. The maximum atomic E-state index is 11.4. The van der Waals surface area contributed by atoms with Crippen molar-refractivity contribution in [3.63, 3.8) is 0 Å². The van der Waals surface area contributed by atoms with Crippen molar-refractivity contribution < 1.29 is 37.5 Å². The van der Waals surface area contributed by atoms with Gasteiger partial charge in [0.1, 0.15) is 11.8 Å². The fourth-order valence-corrected chi connectivity index (χ4v) is 7.21. The highest BCUT2D eigenvalue weighted by molar-refractivity contribution is 7.46. The van der Waals surface area contributed by atoms with Crippen LogP contribution in [0.3, 0.4) is 0 Å². The number of alkyl halides is 1. The quantitative estimate of drug-likeness (QED) is 0.412. The molecule has 1 aliphatic heterocycles. The lowest BCUT2D eigenvalue weighted by molar-refractivity contribution is -0.645. The summed E-state index contributed by atoms with van der Waals surface area (Å²) in [5.74, 6) is -2.15. The SMILES string of the molecule is [2H]C([2H])([2H])OC1(c2ccc(C#N)c(OP(=O)(O)O)c2)OOC12C1CC3CC2CC(Cl)(C3)C1. The molecule has 5 fully saturated rings. The van der Waals surface area contributed by atoms with Gasteiger partial charge in [-0.2, -0.15) is 10.1 Å². The normalized spacial score (nSPS) is 44.5. The van der Waals surface area contributed by atoms with Crippen molar-refractivity contribution in [2.75, 3.05) is 7.04 Å². The third-order valence-electron chi connectivity index (χ3n) is 6.98. The average molecular weight is 445 g/mol. The van der Waals surface area contributed by atoms with E-state index in [-0.39, 0.29) is 27.8 Å². The van der Waals surface area contributed by atoms with Crippen molar-refractivity contribution in [2.24, 2.45) is 17.8 Å². The predicted octanol–water partition coefficient (Wildman–Crippen LogP) is 3.35. The van der Waals surface area contributed by atoms with Crippen LogP contribution in [0.15, 0.2) is 18.2 Å². The molecule has 0 amide bonds. The van der Waals surface area contributed by atoms with Gasteiger partial charge in [0.15, 0.2) is 5.60 Å². The molecule has 1 saturated heterocycles. The van der Waals surface area contributed by atoms with E-state index in [0.717, 1.165) is 19.3 Å². The van der Waals surface area contributed by atoms with Crippen LogP contribution in [0.25, 0.3) is 0 Å². The van der Waals surface area contributed by atoms with E-state index in [1.165, 1.54) is 18.2 Å². The van der Waals surface area contributed by atoms with Gasteiger partial charge in [-0.25, -0.2) is 9.45 Å². The first-order valence-corrected chi connectivity index (χ1v) is 11.3. The zero-order chi connectivity index (χ0) is 23.2. The number of halogens is 1. The zero-order valence-electron chi connectivity index (χ0n) is 18.2. The van der Waals surface area contributed by atoms with Gasteiger partial charge in [0, 0.05) is 17.5 Å². The smallest absolute Gasteiger partial charge is 0.403 e. The van der Waals surface area contributed by atoms with E-state index in [0.29, 0.717) is 18.8 Å². The van der Waals surface area contributed by atoms with Crippen molar-refractivity contribution >= 4 is 19.4 Å². The number of hydrogen-bond donors (Lipinski definition) is 2. The maximum absolute atomic E-state index is 11.4. The number of hydrogen-bond acceptors (Lipinski definition) is 6. The molecule has 2 N–H and O–H groups in total. The number of nitriles is 1. The van der Waals surface area contributed by atoms with Gasteiger partial charge < -0.3 is 9.26 Å². The van der Waals surface area contributed by atoms with Crippen LogP contribution in [0.4, 0.5) is 0 Å². The molecule has 6 rings (SSSR count). The van der Waals surface area contributed by atoms with Crippen LogP contribution in [0.5, 0.6) is 5.75 Å². The summed E-state index contributed by atoms with van der Waals surface area (Å²) in [7, 11) is -7.87. The number of phosphoric ester groups is 1. The summed E-state index contributed by atoms with van der Waals surface area (Å²) in [5, 5.41) is 9.33. The minimum atomic E-state index is -4.99. The molecule has 156 valence electrons. The topological polar surface area (TPSA) is 118 Å². The van der Waals surface area contributed by atoms with Crippen LogP contribution < -0.4 is 4.52 Å². The summed E-state index contributed by atoms with van der Waals surface area (Å²) in [6, 6.07) is 5.69. The molecule has 4 saturated carbocycles. The molecule has 1 aromatic carbocycles. The Hall–Kier alpha value is -1.17. The molecule has 4 aliphatic carbocycles. The molecule has 1 aromatic rings. The monoisotopic (exact) mass is 444 g/mol. The largest absolute Gasteiger partial charge is 0.524 e. The molecule has 3 unspecified atom stereocenters. The second-order valence-electron chi connectivity index (χ2n) is 8.58. The van der Waals surface area contributed by atoms with Crippen molar-refractivity contribution in [3.05, 3.63) is 29.3 Å². The lowest BCUT2D eigenvalue weighted by atomic mass is 9.46. The minimum Gasteiger partial charge on any atom is -0.403 e. The summed E-state index contributed by atoms with van der Waals surface area (Å²) in [6.07, 6.45) is 3.69. The van der Waals surface area contributed by atoms with Gasteiger partial charge >= 0.3 is 7.82 Å². The molecule has 8 nitrogen and oxygen atoms in total. The molecule has 1 spiro atoms. The Labute approximate surface area is 177 Å². The molecule has 1 heterocycles. The Balaban J connectivity index is 1.64. The van der Waals surface area contributed by atoms with Gasteiger partial charge in [-0.1, -0.05) is 6.07 Å². The zero-order valence-corrected chi connectivity index (χ0v) is 16.9. The highest BCUT2D eigenvalue weighted by atomic mass is 35.5. The van der Waals surface area contributed by atoms with Crippen LogP contribution in [0, 0.1) is 29.1 Å². The highest BCUT2D eigenvalue weighted by Crippen LogP contribution is 2.71. The maximum Gasteiger partial charge on any atom is 0.524 e. The molecular formula is C19H21ClNO7P. The van der Waals surface area contributed by atoms with E-state index in [9.17, 15) is 19.6 Å². The van der Waals surface area contributed by atoms with Crippen molar-refractivity contribution in [3.8, 4) is 11.8 Å². The van der Waals surface area contributed by atoms with Crippen molar-refractivity contribution in [1.29, 1.82) is 5.26 Å². The minimum absolute atomic E-state index is 0.135. The Morgan fingerprint density at radius 3 is 2.55 bits per heavy atom. The van der Waals surface area contributed by atoms with Gasteiger partial charge in [0.25, 0.3) is 5.79 Å². The highest BCUT2D eigenvalue weighted by Gasteiger charge is 2.78. The molecule has 3 atom stereocenters. The van der Waals surface area contributed by atoms with Crippen LogP contribution in [-0.4, -0.2) is 27.3 Å². The Bertz CT molecular complexity index is 1040. The van der Waals surface area contributed by atoms with Crippen molar-refractivity contribution in [2.45, 2.75) is 48.4 Å². The lowest BCUT2D eigenvalue weighted by Gasteiger charge is -2.70. The molecular weight excluding hydrogens is 421 g/mol. The van der Waals surface area contributed by atoms with Gasteiger partial charge in [-0.15, -0.1) is 11.6 Å². The number of nitrogens with zero attached hydrogens (tertiary/aromatic N) is 1. The first-order valence-electron chi connectivity index (χ1n) is 10.8. The fraction of sp³-hybridized carbons (Fsp3) is 0.632. The summed E-state index contributed by atoms with van der Waals surface area (Å²) in [5.41, 5.74) is -1.14. The first-order chi connectivity index (χ1) is 14.8. The van der Waals surface area contributed by atoms with E-state index in [1.807, 2.05) is 0 Å². The van der Waals surface area contributed by atoms with E-state index < -0.39 is 32.0 Å². The van der Waals surface area contributed by atoms with E-state index >= 15 is 0 Å². The molecule has 4 bridgehead atoms. The molecule has 0 aromatic heterocycles. The number of rotatable bonds is 4. The van der Waals surface area contributed by atoms with Gasteiger partial charge in [-0.3, -0.25) is 9.79 Å². The lowest BCUT2D eigenvalue weighted by Crippen LogP contribution is -2.78. The summed E-state index contributed by atoms with van der Waals surface area (Å²) < 4.78 is 45.1. The predicted molar refractivity (Wildman–Crippen MR) is 99.6 cm³/mol. The fourth-order valence-electron chi connectivity index (χ4n) is 6.21. The molecule has 29 heavy (non-hydrogen) atoms. The van der Waals surface area contributed by atoms with Crippen LogP contribution >= 0.6 is 19.4 Å². The number of benzene rings is 1. The van der Waals surface area contributed by atoms with E-state index in [2.05, 4.69) is 0 Å². The number of phosphoric acid groups is 1. The number of ether oxygens (including phenoxy) is 1. The molecule has 5 aliphatic rings. The third-order valence-corrected chi connectivity index (χ3v) is 7.88. The first kappa shape index (κ1) is 16.5.